The third-order valence-electron chi connectivity index (χ3n) is 3.84. The van der Waals surface area contributed by atoms with E-state index >= 15 is 0 Å². The van der Waals surface area contributed by atoms with Crippen molar-refractivity contribution in [1.29, 1.82) is 0 Å². The molecule has 2 N–H and O–H groups in total. The van der Waals surface area contributed by atoms with Gasteiger partial charge in [0.25, 0.3) is 11.5 Å². The molecule has 2 aromatic heterocycles. The third-order valence-corrected chi connectivity index (χ3v) is 3.84. The van der Waals surface area contributed by atoms with Gasteiger partial charge in [0.1, 0.15) is 11.3 Å². The van der Waals surface area contributed by atoms with Crippen molar-refractivity contribution in [2.45, 2.75) is 6.10 Å². The minimum atomic E-state index is -0.472. The van der Waals surface area contributed by atoms with Gasteiger partial charge in [-0.15, -0.1) is 0 Å². The number of carbonyl (C=O) groups is 1. The molecule has 0 bridgehead atoms. The van der Waals surface area contributed by atoms with Gasteiger partial charge in [-0.2, -0.15) is 0 Å². The molecule has 0 saturated carbocycles. The molecule has 2 heterocycles. The standard InChI is InChI=1S/C19H18N2O4/c1-24-17(13-6-3-2-4-7-13)12-20-18(22)14-9-10-15(21-19(14)23)16-8-5-11-25-16/h2-11,17H,12H2,1H3,(H,20,22)(H,21,23)/t17-/m1/s1. The maximum atomic E-state index is 12.3. The van der Waals surface area contributed by atoms with Crippen LogP contribution in [0.15, 0.2) is 70.1 Å². The minimum absolute atomic E-state index is 0.0400. The van der Waals surface area contributed by atoms with E-state index in [0.717, 1.165) is 5.56 Å². The van der Waals surface area contributed by atoms with E-state index in [1.807, 2.05) is 30.3 Å². The molecule has 0 saturated heterocycles. The molecule has 1 atom stereocenters. The molecule has 25 heavy (non-hydrogen) atoms. The van der Waals surface area contributed by atoms with Crippen LogP contribution in [0.5, 0.6) is 0 Å². The molecule has 128 valence electrons. The Morgan fingerprint density at radius 2 is 1.96 bits per heavy atom. The fourth-order valence-corrected chi connectivity index (χ4v) is 2.51. The first-order valence-corrected chi connectivity index (χ1v) is 7.82. The zero-order valence-corrected chi connectivity index (χ0v) is 13.7. The van der Waals surface area contributed by atoms with Crippen LogP contribution in [0.25, 0.3) is 11.5 Å². The van der Waals surface area contributed by atoms with Crippen molar-refractivity contribution >= 4 is 5.91 Å². The van der Waals surface area contributed by atoms with Crippen LogP contribution in [0.3, 0.4) is 0 Å². The van der Waals surface area contributed by atoms with Gasteiger partial charge in [0.15, 0.2) is 0 Å². The van der Waals surface area contributed by atoms with E-state index in [-0.39, 0.29) is 18.2 Å². The third kappa shape index (κ3) is 3.87. The van der Waals surface area contributed by atoms with Gasteiger partial charge in [0, 0.05) is 13.7 Å². The molecule has 0 aliphatic rings. The van der Waals surface area contributed by atoms with Gasteiger partial charge in [-0.25, -0.2) is 0 Å². The lowest BCUT2D eigenvalue weighted by Crippen LogP contribution is -2.33. The first kappa shape index (κ1) is 16.7. The molecule has 0 unspecified atom stereocenters. The van der Waals surface area contributed by atoms with Gasteiger partial charge in [-0.3, -0.25) is 9.59 Å². The smallest absolute Gasteiger partial charge is 0.261 e. The second-order valence-corrected chi connectivity index (χ2v) is 5.44. The number of benzene rings is 1. The lowest BCUT2D eigenvalue weighted by atomic mass is 10.1. The van der Waals surface area contributed by atoms with Crippen LogP contribution < -0.4 is 10.9 Å². The second kappa shape index (κ2) is 7.63. The summed E-state index contributed by atoms with van der Waals surface area (Å²) in [6, 6.07) is 16.1. The van der Waals surface area contributed by atoms with Crippen molar-refractivity contribution < 1.29 is 13.9 Å². The number of hydrogen-bond donors (Lipinski definition) is 2. The number of carbonyl (C=O) groups excluding carboxylic acids is 1. The highest BCUT2D eigenvalue weighted by Crippen LogP contribution is 2.16. The number of rotatable bonds is 6. The van der Waals surface area contributed by atoms with Crippen molar-refractivity contribution in [2.75, 3.05) is 13.7 Å². The Morgan fingerprint density at radius 1 is 1.16 bits per heavy atom. The Labute approximate surface area is 144 Å². The van der Waals surface area contributed by atoms with Gasteiger partial charge >= 0.3 is 0 Å². The Morgan fingerprint density at radius 3 is 2.60 bits per heavy atom. The number of ether oxygens (including phenoxy) is 1. The van der Waals surface area contributed by atoms with Crippen LogP contribution in [0.4, 0.5) is 0 Å². The summed E-state index contributed by atoms with van der Waals surface area (Å²) in [5, 5.41) is 2.74. The molecule has 3 aromatic rings. The molecule has 3 rings (SSSR count). The van der Waals surface area contributed by atoms with Crippen molar-refractivity contribution in [3.8, 4) is 11.5 Å². The molecule has 1 amide bonds. The summed E-state index contributed by atoms with van der Waals surface area (Å²) in [5.41, 5.74) is 1.04. The second-order valence-electron chi connectivity index (χ2n) is 5.44. The van der Waals surface area contributed by atoms with Crippen molar-refractivity contribution in [3.05, 3.63) is 82.3 Å². The lowest BCUT2D eigenvalue weighted by molar-refractivity contribution is 0.0827. The minimum Gasteiger partial charge on any atom is -0.463 e. The highest BCUT2D eigenvalue weighted by molar-refractivity contribution is 5.94. The van der Waals surface area contributed by atoms with Gasteiger partial charge in [0.05, 0.1) is 18.1 Å². The molecule has 0 fully saturated rings. The number of methoxy groups -OCH3 is 1. The van der Waals surface area contributed by atoms with Gasteiger partial charge in [-0.1, -0.05) is 30.3 Å². The summed E-state index contributed by atoms with van der Waals surface area (Å²) < 4.78 is 10.6. The fraction of sp³-hybridized carbons (Fsp3) is 0.158. The average molecular weight is 338 g/mol. The van der Waals surface area contributed by atoms with Gasteiger partial charge in [0.2, 0.25) is 0 Å². The van der Waals surface area contributed by atoms with Gasteiger partial charge < -0.3 is 19.5 Å². The summed E-state index contributed by atoms with van der Waals surface area (Å²) in [6.45, 7) is 0.263. The number of hydrogen-bond acceptors (Lipinski definition) is 4. The number of furan rings is 1. The quantitative estimate of drug-likeness (QED) is 0.724. The lowest BCUT2D eigenvalue weighted by Gasteiger charge is -2.16. The molecule has 0 aliphatic heterocycles. The molecule has 0 aliphatic carbocycles. The molecular weight excluding hydrogens is 320 g/mol. The first-order chi connectivity index (χ1) is 12.2. The van der Waals surface area contributed by atoms with Crippen LogP contribution in [0.1, 0.15) is 22.0 Å². The first-order valence-electron chi connectivity index (χ1n) is 7.82. The van der Waals surface area contributed by atoms with E-state index in [2.05, 4.69) is 10.3 Å². The van der Waals surface area contributed by atoms with Crippen LogP contribution in [-0.2, 0) is 4.74 Å². The van der Waals surface area contributed by atoms with Gasteiger partial charge in [-0.05, 0) is 29.8 Å². The van der Waals surface area contributed by atoms with E-state index in [0.29, 0.717) is 11.5 Å². The average Bonchev–Trinajstić information content (AvgIpc) is 3.17. The van der Waals surface area contributed by atoms with Crippen molar-refractivity contribution in [1.82, 2.24) is 10.3 Å². The Kier molecular flexibility index (Phi) is 5.11. The van der Waals surface area contributed by atoms with E-state index in [4.69, 9.17) is 9.15 Å². The summed E-state index contributed by atoms with van der Waals surface area (Å²) in [6.07, 6.45) is 1.23. The van der Waals surface area contributed by atoms with Crippen LogP contribution in [0, 0.1) is 0 Å². The Balaban J connectivity index is 1.70. The topological polar surface area (TPSA) is 84.3 Å². The number of pyridine rings is 1. The van der Waals surface area contributed by atoms with E-state index in [1.165, 1.54) is 12.3 Å². The zero-order valence-electron chi connectivity index (χ0n) is 13.7. The maximum Gasteiger partial charge on any atom is 0.261 e. The van der Waals surface area contributed by atoms with Crippen LogP contribution in [0.2, 0.25) is 0 Å². The van der Waals surface area contributed by atoms with Crippen LogP contribution >= 0.6 is 0 Å². The normalized spacial score (nSPS) is 11.9. The maximum absolute atomic E-state index is 12.3. The predicted molar refractivity (Wildman–Crippen MR) is 93.3 cm³/mol. The van der Waals surface area contributed by atoms with Crippen molar-refractivity contribution in [2.24, 2.45) is 0 Å². The summed E-state index contributed by atoms with van der Waals surface area (Å²) in [4.78, 5) is 27.1. The number of aromatic amines is 1. The molecule has 0 spiro atoms. The predicted octanol–water partition coefficient (Wildman–Crippen LogP) is 2.75. The summed E-state index contributed by atoms with van der Waals surface area (Å²) >= 11 is 0. The monoisotopic (exact) mass is 338 g/mol. The fourth-order valence-electron chi connectivity index (χ4n) is 2.51. The Hall–Kier alpha value is -3.12. The highest BCUT2D eigenvalue weighted by Gasteiger charge is 2.15. The number of nitrogens with one attached hydrogen (secondary N) is 2. The SMILES string of the molecule is CO[C@H](CNC(=O)c1ccc(-c2ccco2)[nH]c1=O)c1ccccc1. The molecule has 0 radical (unpaired) electrons. The van der Waals surface area contributed by atoms with Crippen molar-refractivity contribution in [3.63, 3.8) is 0 Å². The molecule has 1 aromatic carbocycles. The molecule has 6 heteroatoms. The zero-order chi connectivity index (χ0) is 17.6. The van der Waals surface area contributed by atoms with E-state index in [9.17, 15) is 9.59 Å². The largest absolute Gasteiger partial charge is 0.463 e. The summed E-state index contributed by atoms with van der Waals surface area (Å²) in [7, 11) is 1.58. The highest BCUT2D eigenvalue weighted by atomic mass is 16.5. The molecular formula is C19H18N2O4. The van der Waals surface area contributed by atoms with Crippen LogP contribution in [-0.4, -0.2) is 24.5 Å². The Bertz CT molecular complexity index is 885. The van der Waals surface area contributed by atoms with E-state index < -0.39 is 11.5 Å². The number of amides is 1. The number of H-pyrrole nitrogens is 1. The van der Waals surface area contributed by atoms with E-state index in [1.54, 1.807) is 25.3 Å². The summed E-state index contributed by atoms with van der Waals surface area (Å²) in [5.74, 6) is 0.0813. The molecule has 6 nitrogen and oxygen atoms in total. The number of aromatic nitrogens is 1.